The third-order valence-corrected chi connectivity index (χ3v) is 4.16. The highest BCUT2D eigenvalue weighted by molar-refractivity contribution is 9.11. The molecule has 2 aromatic rings. The number of carbonyl (C=O) groups excluding carboxylic acids is 1. The van der Waals surface area contributed by atoms with Gasteiger partial charge in [0.2, 0.25) is 0 Å². The number of aromatic nitrogens is 1. The van der Waals surface area contributed by atoms with Crippen LogP contribution >= 0.6 is 55.4 Å². The standard InChI is InChI=1S/C12H9Br2N3O2S2/c13-7-1-2-9(8(14)5-7)19-6-10(18)16-11(20)17-12-15-3-4-21-12/h1-5H,6H2,(H2,15,16,17,18,20). The maximum absolute atomic E-state index is 11.7. The van der Waals surface area contributed by atoms with Crippen molar-refractivity contribution in [3.05, 3.63) is 38.7 Å². The summed E-state index contributed by atoms with van der Waals surface area (Å²) in [5, 5.41) is 7.94. The summed E-state index contributed by atoms with van der Waals surface area (Å²) in [6.07, 6.45) is 1.64. The van der Waals surface area contributed by atoms with Gasteiger partial charge < -0.3 is 10.1 Å². The first-order chi connectivity index (χ1) is 10.0. The smallest absolute Gasteiger partial charge is 0.264 e. The maximum Gasteiger partial charge on any atom is 0.264 e. The fourth-order valence-corrected chi connectivity index (χ4v) is 3.28. The number of ether oxygens (including phenoxy) is 1. The first-order valence-corrected chi connectivity index (χ1v) is 8.50. The molecule has 0 aliphatic rings. The number of rotatable bonds is 4. The minimum Gasteiger partial charge on any atom is -0.483 e. The molecule has 0 bridgehead atoms. The second kappa shape index (κ2) is 7.83. The molecule has 2 N–H and O–H groups in total. The number of hydrogen-bond acceptors (Lipinski definition) is 5. The number of amides is 1. The zero-order valence-electron chi connectivity index (χ0n) is 10.4. The Balaban J connectivity index is 1.80. The molecule has 0 spiro atoms. The van der Waals surface area contributed by atoms with Gasteiger partial charge in [-0.1, -0.05) is 15.9 Å². The van der Waals surface area contributed by atoms with Crippen LogP contribution in [0.15, 0.2) is 38.7 Å². The first kappa shape index (κ1) is 16.3. The fraction of sp³-hybridized carbons (Fsp3) is 0.0833. The molecule has 0 unspecified atom stereocenters. The Kier molecular flexibility index (Phi) is 6.09. The number of thiocarbonyl (C=S) groups is 1. The third kappa shape index (κ3) is 5.34. The number of anilines is 1. The largest absolute Gasteiger partial charge is 0.483 e. The van der Waals surface area contributed by atoms with Gasteiger partial charge in [0.05, 0.1) is 4.47 Å². The van der Waals surface area contributed by atoms with Crippen molar-refractivity contribution in [3.8, 4) is 5.75 Å². The lowest BCUT2D eigenvalue weighted by Gasteiger charge is -2.10. The quantitative estimate of drug-likeness (QED) is 0.697. The lowest BCUT2D eigenvalue weighted by molar-refractivity contribution is -0.121. The van der Waals surface area contributed by atoms with Gasteiger partial charge in [-0.3, -0.25) is 10.1 Å². The van der Waals surface area contributed by atoms with Crippen LogP contribution < -0.4 is 15.4 Å². The van der Waals surface area contributed by atoms with E-state index < -0.39 is 0 Å². The molecule has 9 heteroatoms. The summed E-state index contributed by atoms with van der Waals surface area (Å²) < 4.78 is 7.08. The van der Waals surface area contributed by atoms with Crippen LogP contribution in [0.3, 0.4) is 0 Å². The Morgan fingerprint density at radius 1 is 1.43 bits per heavy atom. The van der Waals surface area contributed by atoms with Crippen LogP contribution in [0.25, 0.3) is 0 Å². The van der Waals surface area contributed by atoms with Crippen LogP contribution in [0.4, 0.5) is 5.13 Å². The Morgan fingerprint density at radius 3 is 2.90 bits per heavy atom. The lowest BCUT2D eigenvalue weighted by atomic mass is 10.3. The molecule has 1 aromatic carbocycles. The van der Waals surface area contributed by atoms with Gasteiger partial charge in [0.15, 0.2) is 16.9 Å². The van der Waals surface area contributed by atoms with Crippen LogP contribution in [0.2, 0.25) is 0 Å². The van der Waals surface area contributed by atoms with E-state index in [9.17, 15) is 4.79 Å². The number of nitrogens with one attached hydrogen (secondary N) is 2. The van der Waals surface area contributed by atoms with Gasteiger partial charge in [-0.2, -0.15) is 0 Å². The van der Waals surface area contributed by atoms with Crippen molar-refractivity contribution in [1.82, 2.24) is 10.3 Å². The summed E-state index contributed by atoms with van der Waals surface area (Å²) in [6.45, 7) is -0.139. The van der Waals surface area contributed by atoms with Crippen molar-refractivity contribution >= 4 is 71.6 Å². The van der Waals surface area contributed by atoms with Crippen LogP contribution in [-0.2, 0) is 4.79 Å². The van der Waals surface area contributed by atoms with E-state index in [0.29, 0.717) is 10.9 Å². The minimum atomic E-state index is -0.348. The molecule has 0 aliphatic carbocycles. The Hall–Kier alpha value is -1.03. The summed E-state index contributed by atoms with van der Waals surface area (Å²) in [5.41, 5.74) is 0. The van der Waals surface area contributed by atoms with Crippen LogP contribution in [0.5, 0.6) is 5.75 Å². The maximum atomic E-state index is 11.7. The normalized spacial score (nSPS) is 10.0. The van der Waals surface area contributed by atoms with E-state index in [1.165, 1.54) is 11.3 Å². The molecule has 0 radical (unpaired) electrons. The lowest BCUT2D eigenvalue weighted by Crippen LogP contribution is -2.37. The van der Waals surface area contributed by atoms with Crippen molar-refractivity contribution in [2.24, 2.45) is 0 Å². The van der Waals surface area contributed by atoms with E-state index in [1.54, 1.807) is 17.6 Å². The van der Waals surface area contributed by atoms with Crippen LogP contribution in [0, 0.1) is 0 Å². The number of carbonyl (C=O) groups is 1. The van der Waals surface area contributed by atoms with E-state index in [1.807, 2.05) is 12.1 Å². The minimum absolute atomic E-state index is 0.139. The number of thiazole rings is 1. The van der Waals surface area contributed by atoms with E-state index >= 15 is 0 Å². The molecule has 0 saturated carbocycles. The Morgan fingerprint density at radius 2 is 2.24 bits per heavy atom. The molecule has 1 aromatic heterocycles. The summed E-state index contributed by atoms with van der Waals surface area (Å²) in [4.78, 5) is 15.7. The monoisotopic (exact) mass is 449 g/mol. The number of benzene rings is 1. The molecule has 2 rings (SSSR count). The van der Waals surface area contributed by atoms with E-state index in [4.69, 9.17) is 17.0 Å². The summed E-state index contributed by atoms with van der Waals surface area (Å²) in [6, 6.07) is 5.42. The molecule has 5 nitrogen and oxygen atoms in total. The zero-order valence-corrected chi connectivity index (χ0v) is 15.2. The highest BCUT2D eigenvalue weighted by Crippen LogP contribution is 2.28. The van der Waals surface area contributed by atoms with Gasteiger partial charge in [-0.15, -0.1) is 11.3 Å². The molecular formula is C12H9Br2N3O2S2. The van der Waals surface area contributed by atoms with Crippen molar-refractivity contribution in [2.75, 3.05) is 11.9 Å². The van der Waals surface area contributed by atoms with E-state index in [2.05, 4.69) is 47.5 Å². The van der Waals surface area contributed by atoms with Gasteiger partial charge >= 0.3 is 0 Å². The molecule has 0 atom stereocenters. The molecule has 110 valence electrons. The number of hydrogen-bond donors (Lipinski definition) is 2. The van der Waals surface area contributed by atoms with Gasteiger partial charge in [-0.05, 0) is 46.3 Å². The van der Waals surface area contributed by atoms with Crippen LogP contribution in [0.1, 0.15) is 0 Å². The predicted molar refractivity (Wildman–Crippen MR) is 93.8 cm³/mol. The van der Waals surface area contributed by atoms with Gasteiger partial charge in [-0.25, -0.2) is 4.98 Å². The first-order valence-electron chi connectivity index (χ1n) is 5.63. The van der Waals surface area contributed by atoms with Gasteiger partial charge in [0.1, 0.15) is 5.75 Å². The Labute approximate surface area is 147 Å². The SMILES string of the molecule is O=C(COc1ccc(Br)cc1Br)NC(=S)Nc1nccs1. The number of halogens is 2. The fourth-order valence-electron chi connectivity index (χ4n) is 1.31. The van der Waals surface area contributed by atoms with E-state index in [0.717, 1.165) is 8.95 Å². The second-order valence-corrected chi connectivity index (χ2v) is 6.78. The highest BCUT2D eigenvalue weighted by atomic mass is 79.9. The van der Waals surface area contributed by atoms with Crippen LogP contribution in [-0.4, -0.2) is 22.6 Å². The van der Waals surface area contributed by atoms with Crippen molar-refractivity contribution in [1.29, 1.82) is 0 Å². The molecular weight excluding hydrogens is 442 g/mol. The average molecular weight is 451 g/mol. The van der Waals surface area contributed by atoms with Crippen molar-refractivity contribution < 1.29 is 9.53 Å². The second-order valence-electron chi connectivity index (χ2n) is 3.70. The molecule has 0 saturated heterocycles. The van der Waals surface area contributed by atoms with Gasteiger partial charge in [0, 0.05) is 16.0 Å². The predicted octanol–water partition coefficient (Wildman–Crippen LogP) is 3.56. The topological polar surface area (TPSA) is 63.2 Å². The molecule has 0 fully saturated rings. The molecule has 0 aliphatic heterocycles. The number of nitrogens with zero attached hydrogens (tertiary/aromatic N) is 1. The molecule has 1 heterocycles. The van der Waals surface area contributed by atoms with Crippen molar-refractivity contribution in [3.63, 3.8) is 0 Å². The van der Waals surface area contributed by atoms with Crippen molar-refractivity contribution in [2.45, 2.75) is 0 Å². The third-order valence-electron chi connectivity index (χ3n) is 2.16. The molecule has 21 heavy (non-hydrogen) atoms. The van der Waals surface area contributed by atoms with E-state index in [-0.39, 0.29) is 17.6 Å². The summed E-state index contributed by atoms with van der Waals surface area (Å²) in [7, 11) is 0. The molecule has 1 amide bonds. The zero-order chi connectivity index (χ0) is 15.2. The van der Waals surface area contributed by atoms with Gasteiger partial charge in [0.25, 0.3) is 5.91 Å². The summed E-state index contributed by atoms with van der Waals surface area (Å²) >= 11 is 13.1. The Bertz CT molecular complexity index is 650. The summed E-state index contributed by atoms with van der Waals surface area (Å²) in [5.74, 6) is 0.228. The average Bonchev–Trinajstić information content (AvgIpc) is 2.90. The highest BCUT2D eigenvalue weighted by Gasteiger charge is 2.08.